The quantitative estimate of drug-likeness (QED) is 0.101. The topological polar surface area (TPSA) is 201 Å². The van der Waals surface area contributed by atoms with Crippen LogP contribution >= 0.6 is 11.6 Å². The van der Waals surface area contributed by atoms with E-state index in [1.165, 1.54) is 15.9 Å². The van der Waals surface area contributed by atoms with Crippen LogP contribution in [-0.4, -0.2) is 125 Å². The number of allylic oxidation sites excluding steroid dienone is 2. The van der Waals surface area contributed by atoms with Crippen LogP contribution in [0.1, 0.15) is 132 Å². The average Bonchev–Trinajstić information content (AvgIpc) is 3.51. The Morgan fingerprint density at radius 3 is 1.40 bits per heavy atom. The maximum atomic E-state index is 13.1. The van der Waals surface area contributed by atoms with Crippen LogP contribution in [0.5, 0.6) is 0 Å². The Bertz CT molecular complexity index is 1550. The van der Waals surface area contributed by atoms with Crippen molar-refractivity contribution >= 4 is 55.4 Å². The predicted octanol–water partition coefficient (Wildman–Crippen LogP) is 4.91. The summed E-state index contributed by atoms with van der Waals surface area (Å²) in [5, 5.41) is 26.0. The van der Waals surface area contributed by atoms with Gasteiger partial charge >= 0.3 is 53.1 Å². The SMILES string of the molecule is C.C=CCC1(C(=O)O)CN(C(=O)OC(C)(C)C)CC1(C)C(=O)NC(C)(C)C.C=CCC1(CO)CN(C(=O)OC(C)(C)C)CC1(C)C(=O)NC(C)(C)C.CC(C)COC(=O)Cl.[B].[H-].[Na+]. The molecule has 2 rings (SSSR count). The summed E-state index contributed by atoms with van der Waals surface area (Å²) in [6, 6.07) is 0. The number of carboxylic acid groups (broad SMARTS) is 1. The van der Waals surface area contributed by atoms with E-state index in [2.05, 4.69) is 28.5 Å². The summed E-state index contributed by atoms with van der Waals surface area (Å²) in [5.41, 5.74) is -7.52. The summed E-state index contributed by atoms with van der Waals surface area (Å²) in [6.07, 6.45) is 2.57. The van der Waals surface area contributed by atoms with Crippen LogP contribution in [0, 0.1) is 27.6 Å². The molecule has 0 saturated carbocycles. The van der Waals surface area contributed by atoms with Crippen LogP contribution in [0.3, 0.4) is 0 Å². The van der Waals surface area contributed by atoms with E-state index in [0.717, 1.165) is 0 Å². The minimum absolute atomic E-state index is 0. The smallest absolute Gasteiger partial charge is 1.00 e. The second-order valence-electron chi connectivity index (χ2n) is 20.5. The molecule has 2 fully saturated rings. The van der Waals surface area contributed by atoms with Crippen LogP contribution in [0.4, 0.5) is 14.4 Å². The molecule has 4 atom stereocenters. The van der Waals surface area contributed by atoms with E-state index in [4.69, 9.17) is 21.1 Å². The van der Waals surface area contributed by atoms with E-state index in [0.29, 0.717) is 18.9 Å². The Morgan fingerprint density at radius 1 is 0.742 bits per heavy atom. The van der Waals surface area contributed by atoms with Gasteiger partial charge in [0.15, 0.2) is 0 Å². The Balaban J connectivity index is -0.000000288. The molecule has 0 aromatic rings. The summed E-state index contributed by atoms with van der Waals surface area (Å²) in [7, 11) is 0. The molecule has 0 aliphatic carbocycles. The fourth-order valence-electron chi connectivity index (χ4n) is 6.72. The van der Waals surface area contributed by atoms with Gasteiger partial charge in [-0.15, -0.1) is 13.2 Å². The summed E-state index contributed by atoms with van der Waals surface area (Å²) in [5.74, 6) is -1.35. The Kier molecular flexibility index (Phi) is 26.6. The first-order valence-corrected chi connectivity index (χ1v) is 20.3. The van der Waals surface area contributed by atoms with Crippen molar-refractivity contribution in [2.24, 2.45) is 27.6 Å². The number of nitrogens with one attached hydrogen (secondary N) is 2. The Morgan fingerprint density at radius 2 is 1.11 bits per heavy atom. The normalized spacial score (nSPS) is 23.2. The third-order valence-electron chi connectivity index (χ3n) is 9.75. The fraction of sp³-hybridized carbons (Fsp3) is 0.773. The van der Waals surface area contributed by atoms with Crippen LogP contribution in [0.25, 0.3) is 0 Å². The number of carboxylic acids is 1. The van der Waals surface area contributed by atoms with Gasteiger partial charge < -0.3 is 46.3 Å². The number of nitrogens with zero attached hydrogens (tertiary/aromatic N) is 2. The molecule has 0 aromatic carbocycles. The molecule has 62 heavy (non-hydrogen) atoms. The molecule has 353 valence electrons. The minimum Gasteiger partial charge on any atom is -1.00 e. The van der Waals surface area contributed by atoms with E-state index in [1.54, 1.807) is 61.5 Å². The molecule has 2 heterocycles. The maximum absolute atomic E-state index is 13.1. The van der Waals surface area contributed by atoms with Crippen molar-refractivity contribution in [1.82, 2.24) is 20.4 Å². The van der Waals surface area contributed by atoms with Crippen LogP contribution in [0.2, 0.25) is 0 Å². The molecule has 2 aliphatic rings. The Labute approximate surface area is 403 Å². The molecule has 3 radical (unpaired) electrons. The van der Waals surface area contributed by atoms with Crippen LogP contribution in [-0.2, 0) is 28.6 Å². The minimum atomic E-state index is -1.47. The monoisotopic (exact) mass is 910 g/mol. The third-order valence-corrected chi connectivity index (χ3v) is 9.86. The molecule has 4 unspecified atom stereocenters. The van der Waals surface area contributed by atoms with E-state index in [1.807, 2.05) is 55.4 Å². The standard InChI is InChI=1S/C19H32N2O5.C19H34N2O4.C5H9ClO2.CH4.B.Na.H/c1-9-10-19(14(23)24)12-21(15(25)26-17(5,6)7)11-18(19,8)13(22)20-16(2,3)4;1-9-10-19(13-22)12-21(15(24)25-17(5,6)7)11-18(19,8)14(23)20-16(2,3)4;1-4(2)3-8-5(6)7;;;;/h9H,1,10-12H2,2-8H3,(H,20,22)(H,23,24);9,22H,1,10-13H2,2-8H3,(H,20,23);4H,3H2,1-2H3;1H4;;;/q;;;;;+1;-1. The molecule has 18 heteroatoms. The fourth-order valence-corrected chi connectivity index (χ4v) is 6.78. The van der Waals surface area contributed by atoms with Crippen molar-refractivity contribution in [3.63, 3.8) is 0 Å². The third kappa shape index (κ3) is 19.1. The summed E-state index contributed by atoms with van der Waals surface area (Å²) < 4.78 is 15.3. The van der Waals surface area contributed by atoms with Gasteiger partial charge in [-0.3, -0.25) is 14.4 Å². The summed E-state index contributed by atoms with van der Waals surface area (Å²) in [6.45, 7) is 37.0. The van der Waals surface area contributed by atoms with Crippen molar-refractivity contribution in [2.45, 2.75) is 153 Å². The number of carbonyl (C=O) groups excluding carboxylic acids is 5. The van der Waals surface area contributed by atoms with Gasteiger partial charge in [-0.2, -0.15) is 0 Å². The number of hydrogen-bond acceptors (Lipinski definition) is 10. The van der Waals surface area contributed by atoms with Gasteiger partial charge in [0, 0.05) is 62.7 Å². The van der Waals surface area contributed by atoms with Crippen molar-refractivity contribution < 1.29 is 84.2 Å². The van der Waals surface area contributed by atoms with E-state index in [-0.39, 0.29) is 91.9 Å². The zero-order valence-corrected chi connectivity index (χ0v) is 43.0. The second-order valence-corrected chi connectivity index (χ2v) is 20.8. The van der Waals surface area contributed by atoms with E-state index < -0.39 is 73.4 Å². The molecule has 2 saturated heterocycles. The van der Waals surface area contributed by atoms with Gasteiger partial charge in [-0.25, -0.2) is 14.4 Å². The van der Waals surface area contributed by atoms with Gasteiger partial charge in [0.25, 0.3) is 0 Å². The summed E-state index contributed by atoms with van der Waals surface area (Å²) in [4.78, 5) is 76.1. The zero-order valence-electron chi connectivity index (χ0n) is 41.2. The Hall–Kier alpha value is -2.79. The van der Waals surface area contributed by atoms with Crippen molar-refractivity contribution in [2.75, 3.05) is 39.4 Å². The van der Waals surface area contributed by atoms with Gasteiger partial charge in [0.2, 0.25) is 11.8 Å². The molecule has 4 amide bonds. The number of amides is 4. The van der Waals surface area contributed by atoms with Gasteiger partial charge in [0.05, 0.1) is 24.0 Å². The van der Waals surface area contributed by atoms with E-state index in [9.17, 15) is 39.0 Å². The van der Waals surface area contributed by atoms with Crippen LogP contribution in [0.15, 0.2) is 25.3 Å². The number of halogens is 1. The number of rotatable bonds is 10. The molecular weight excluding hydrogens is 830 g/mol. The number of hydrogen-bond donors (Lipinski definition) is 4. The van der Waals surface area contributed by atoms with Crippen molar-refractivity contribution in [3.8, 4) is 0 Å². The first kappa shape index (κ1) is 65.8. The molecule has 0 aromatic heterocycles. The van der Waals surface area contributed by atoms with E-state index >= 15 is 0 Å². The molecule has 2 aliphatic heterocycles. The molecular formula is C44H80BClN4NaO11. The molecule has 4 N–H and O–H groups in total. The number of aliphatic hydroxyl groups excluding tert-OH is 1. The van der Waals surface area contributed by atoms with Gasteiger partial charge in [0.1, 0.15) is 16.6 Å². The number of carbonyl (C=O) groups is 6. The maximum Gasteiger partial charge on any atom is 1.00 e. The predicted molar refractivity (Wildman–Crippen MR) is 242 cm³/mol. The first-order chi connectivity index (χ1) is 26.4. The number of ether oxygens (including phenoxy) is 3. The van der Waals surface area contributed by atoms with Crippen LogP contribution < -0.4 is 40.2 Å². The summed E-state index contributed by atoms with van der Waals surface area (Å²) >= 11 is 4.86. The largest absolute Gasteiger partial charge is 1.00 e. The molecule has 0 bridgehead atoms. The number of likely N-dealkylation sites (tertiary alicyclic amines) is 2. The molecule has 15 nitrogen and oxygen atoms in total. The average molecular weight is 910 g/mol. The zero-order chi connectivity index (χ0) is 46.8. The first-order valence-electron chi connectivity index (χ1n) is 19.9. The van der Waals surface area contributed by atoms with Gasteiger partial charge in [-0.1, -0.05) is 33.4 Å². The van der Waals surface area contributed by atoms with Gasteiger partial charge in [-0.05, 0) is 116 Å². The van der Waals surface area contributed by atoms with Crippen molar-refractivity contribution in [3.05, 3.63) is 25.3 Å². The second kappa shape index (κ2) is 25.1. The number of aliphatic hydroxyl groups is 1. The number of aliphatic carboxylic acids is 1. The van der Waals surface area contributed by atoms with Crippen molar-refractivity contribution in [1.29, 1.82) is 0 Å². The molecule has 0 spiro atoms.